The van der Waals surface area contributed by atoms with Crippen molar-refractivity contribution in [3.63, 3.8) is 0 Å². The molecule has 2 aliphatic heterocycles. The molecule has 3 heterocycles. The summed E-state index contributed by atoms with van der Waals surface area (Å²) in [5.41, 5.74) is 13.3. The first-order valence-electron chi connectivity index (χ1n) is 18.8. The fourth-order valence-corrected chi connectivity index (χ4v) is 7.36. The first kappa shape index (κ1) is 40.2. The van der Waals surface area contributed by atoms with E-state index in [0.29, 0.717) is 84.7 Å². The van der Waals surface area contributed by atoms with Gasteiger partial charge >= 0.3 is 0 Å². The second-order valence-corrected chi connectivity index (χ2v) is 14.9. The minimum atomic E-state index is -4.90. The molecule has 0 bridgehead atoms. The van der Waals surface area contributed by atoms with Gasteiger partial charge in [0.2, 0.25) is 17.8 Å². The monoisotopic (exact) mass is 808 g/mol. The Kier molecular flexibility index (Phi) is 12.8. The molecule has 0 unspecified atom stereocenters. The maximum atomic E-state index is 12.8. The van der Waals surface area contributed by atoms with Crippen LogP contribution in [0.4, 0.5) is 46.3 Å². The molecule has 6 N–H and O–H groups in total. The van der Waals surface area contributed by atoms with E-state index in [9.17, 15) is 17.8 Å². The number of rotatable bonds is 15. The molecular formula is C38H44N14O5S. The molecule has 302 valence electrons. The van der Waals surface area contributed by atoms with Crippen molar-refractivity contribution in [2.24, 2.45) is 31.9 Å². The Hall–Kier alpha value is -6.03. The number of carbonyl (C=O) groups is 1. The summed E-state index contributed by atoms with van der Waals surface area (Å²) in [7, 11) is -4.90. The van der Waals surface area contributed by atoms with Crippen LogP contribution >= 0.6 is 0 Å². The van der Waals surface area contributed by atoms with Gasteiger partial charge in [0.25, 0.3) is 16.6 Å². The molecule has 2 saturated heterocycles. The van der Waals surface area contributed by atoms with Gasteiger partial charge in [-0.25, -0.2) is 0 Å². The fraction of sp³-hybridized carbons (Fsp3) is 0.316. The molecule has 0 radical (unpaired) electrons. The standard InChI is InChI=1S/C38H44N14O5S/c39-12-14-49-16-20-51(21-17-49)37-42-36(43-38(44-37)52-22-18-50(15-13-40)19-23-52)41-31-10-11-32-27(24-31)25-33(58(54,55)56)34(35(32)57-26-53)48-47-30-8-6-29(7-9-30)46-45-28-4-2-1-3-5-28/h1-11,24-26H,12-23,39-40H2,(H,54,55,56)(H,41,42,43,44). The number of carbonyl (C=O) groups excluding carboxylic acids is 1. The van der Waals surface area contributed by atoms with Crippen molar-refractivity contribution >= 4 is 73.6 Å². The predicted octanol–water partition coefficient (Wildman–Crippen LogP) is 4.54. The van der Waals surface area contributed by atoms with E-state index >= 15 is 0 Å². The number of ether oxygens (including phenoxy) is 1. The van der Waals surface area contributed by atoms with Crippen LogP contribution in [0.15, 0.2) is 104 Å². The minimum absolute atomic E-state index is 0.153. The first-order chi connectivity index (χ1) is 28.2. The number of nitrogens with zero attached hydrogens (tertiary/aromatic N) is 11. The lowest BCUT2D eigenvalue weighted by Gasteiger charge is -2.36. The quantitative estimate of drug-likeness (QED) is 0.0644. The molecule has 0 amide bonds. The maximum Gasteiger partial charge on any atom is 0.298 e. The summed E-state index contributed by atoms with van der Waals surface area (Å²) < 4.78 is 41.2. The normalized spacial score (nSPS) is 15.8. The van der Waals surface area contributed by atoms with Crippen LogP contribution in [0.25, 0.3) is 10.8 Å². The smallest absolute Gasteiger partial charge is 0.298 e. The Morgan fingerprint density at radius 1 is 0.707 bits per heavy atom. The third kappa shape index (κ3) is 9.91. The van der Waals surface area contributed by atoms with E-state index in [-0.39, 0.29) is 23.9 Å². The third-order valence-electron chi connectivity index (χ3n) is 9.70. The molecular weight excluding hydrogens is 765 g/mol. The highest BCUT2D eigenvalue weighted by molar-refractivity contribution is 7.86. The Morgan fingerprint density at radius 2 is 1.24 bits per heavy atom. The lowest BCUT2D eigenvalue weighted by molar-refractivity contribution is -0.120. The van der Waals surface area contributed by atoms with Crippen molar-refractivity contribution in [2.75, 3.05) is 93.7 Å². The van der Waals surface area contributed by atoms with Crippen molar-refractivity contribution in [3.05, 3.63) is 78.9 Å². The topological polar surface area (TPSA) is 246 Å². The molecule has 2 fully saturated rings. The van der Waals surface area contributed by atoms with Gasteiger partial charge in [0.1, 0.15) is 4.90 Å². The van der Waals surface area contributed by atoms with E-state index in [1.54, 1.807) is 42.5 Å². The molecule has 0 aliphatic carbocycles. The zero-order chi connectivity index (χ0) is 40.5. The van der Waals surface area contributed by atoms with Crippen LogP contribution < -0.4 is 31.3 Å². The zero-order valence-electron chi connectivity index (χ0n) is 31.6. The van der Waals surface area contributed by atoms with E-state index in [2.05, 4.69) is 45.4 Å². The van der Waals surface area contributed by atoms with E-state index in [0.717, 1.165) is 39.3 Å². The fourth-order valence-electron chi connectivity index (χ4n) is 6.71. The van der Waals surface area contributed by atoms with Gasteiger partial charge in [0.15, 0.2) is 11.4 Å². The number of piperazine rings is 2. The van der Waals surface area contributed by atoms with Crippen LogP contribution in [0, 0.1) is 0 Å². The summed E-state index contributed by atoms with van der Waals surface area (Å²) in [6, 6.07) is 22.0. The maximum absolute atomic E-state index is 12.8. The Bertz CT molecular complexity index is 2330. The molecule has 58 heavy (non-hydrogen) atoms. The van der Waals surface area contributed by atoms with Gasteiger partial charge in [-0.1, -0.05) is 18.2 Å². The predicted molar refractivity (Wildman–Crippen MR) is 220 cm³/mol. The SMILES string of the molecule is NCCN1CCN(c2nc(Nc3ccc4c(OC=O)c(N=Nc5ccc(N=Nc6ccccc6)cc5)c(S(=O)(=O)O)cc4c3)nc(N3CCN(CCN)CC3)n2)CC1. The van der Waals surface area contributed by atoms with E-state index in [4.69, 9.17) is 31.2 Å². The molecule has 2 aliphatic rings. The van der Waals surface area contributed by atoms with Crippen LogP contribution in [-0.2, 0) is 14.9 Å². The molecule has 19 nitrogen and oxygen atoms in total. The van der Waals surface area contributed by atoms with Gasteiger partial charge in [0, 0.05) is 89.6 Å². The Balaban J connectivity index is 1.18. The number of hydrogen-bond donors (Lipinski definition) is 4. The van der Waals surface area contributed by atoms with Crippen LogP contribution in [-0.4, -0.2) is 123 Å². The largest absolute Gasteiger partial charge is 0.426 e. The number of fused-ring (bicyclic) bond motifs is 1. The van der Waals surface area contributed by atoms with E-state index in [1.165, 1.54) is 6.07 Å². The van der Waals surface area contributed by atoms with Crippen LogP contribution in [0.2, 0.25) is 0 Å². The molecule has 20 heteroatoms. The Labute approximate surface area is 335 Å². The molecule has 7 rings (SSSR count). The number of nitrogens with two attached hydrogens (primary N) is 2. The zero-order valence-corrected chi connectivity index (χ0v) is 32.4. The molecule has 0 saturated carbocycles. The van der Waals surface area contributed by atoms with Crippen molar-refractivity contribution in [3.8, 4) is 5.75 Å². The van der Waals surface area contributed by atoms with Crippen molar-refractivity contribution in [2.45, 2.75) is 4.90 Å². The van der Waals surface area contributed by atoms with Crippen LogP contribution in [0.3, 0.4) is 0 Å². The molecule has 0 atom stereocenters. The second kappa shape index (κ2) is 18.5. The van der Waals surface area contributed by atoms with Crippen LogP contribution in [0.5, 0.6) is 5.75 Å². The summed E-state index contributed by atoms with van der Waals surface area (Å²) in [5, 5.41) is 20.6. The number of azo groups is 2. The Morgan fingerprint density at radius 3 is 1.76 bits per heavy atom. The van der Waals surface area contributed by atoms with Crippen LogP contribution in [0.1, 0.15) is 0 Å². The minimum Gasteiger partial charge on any atom is -0.426 e. The average Bonchev–Trinajstić information content (AvgIpc) is 3.23. The lowest BCUT2D eigenvalue weighted by atomic mass is 10.1. The van der Waals surface area contributed by atoms with Gasteiger partial charge in [0.05, 0.1) is 17.1 Å². The molecule has 0 spiro atoms. The summed E-state index contributed by atoms with van der Waals surface area (Å²) in [6.07, 6.45) is 0. The number of anilines is 4. The molecule has 4 aromatic carbocycles. The second-order valence-electron chi connectivity index (χ2n) is 13.5. The van der Waals surface area contributed by atoms with Gasteiger partial charge in [-0.3, -0.25) is 19.1 Å². The number of benzene rings is 4. The average molecular weight is 809 g/mol. The molecule has 1 aromatic heterocycles. The lowest BCUT2D eigenvalue weighted by Crippen LogP contribution is -2.49. The first-order valence-corrected chi connectivity index (χ1v) is 20.2. The summed E-state index contributed by atoms with van der Waals surface area (Å²) >= 11 is 0. The van der Waals surface area contributed by atoms with E-state index in [1.807, 2.05) is 30.3 Å². The number of aromatic nitrogens is 3. The highest BCUT2D eigenvalue weighted by Gasteiger charge is 2.26. The summed E-state index contributed by atoms with van der Waals surface area (Å²) in [6.45, 7) is 9.11. The third-order valence-corrected chi connectivity index (χ3v) is 10.6. The van der Waals surface area contributed by atoms with E-state index < -0.39 is 15.0 Å². The van der Waals surface area contributed by atoms with Crippen molar-refractivity contribution in [1.29, 1.82) is 0 Å². The van der Waals surface area contributed by atoms with Gasteiger partial charge < -0.3 is 31.3 Å². The number of hydrogen-bond acceptors (Lipinski definition) is 18. The highest BCUT2D eigenvalue weighted by atomic mass is 32.2. The van der Waals surface area contributed by atoms with Crippen molar-refractivity contribution in [1.82, 2.24) is 24.8 Å². The summed E-state index contributed by atoms with van der Waals surface area (Å²) in [5.74, 6) is 1.13. The van der Waals surface area contributed by atoms with Gasteiger partial charge in [-0.15, -0.1) is 5.11 Å². The van der Waals surface area contributed by atoms with Crippen molar-refractivity contribution < 1.29 is 22.5 Å². The van der Waals surface area contributed by atoms with Gasteiger partial charge in [-0.2, -0.15) is 38.7 Å². The number of nitrogens with one attached hydrogen (secondary N) is 1. The highest BCUT2D eigenvalue weighted by Crippen LogP contribution is 2.43. The van der Waals surface area contributed by atoms with Gasteiger partial charge in [-0.05, 0) is 66.0 Å². The summed E-state index contributed by atoms with van der Waals surface area (Å²) in [4.78, 5) is 34.5. The molecule has 5 aromatic rings.